The van der Waals surface area contributed by atoms with Crippen LogP contribution >= 0.6 is 0 Å². The third-order valence-electron chi connectivity index (χ3n) is 3.33. The van der Waals surface area contributed by atoms with E-state index in [-0.39, 0.29) is 17.3 Å². The number of carbonyl (C=O) groups is 2. The summed E-state index contributed by atoms with van der Waals surface area (Å²) in [5.41, 5.74) is 1.57. The van der Waals surface area contributed by atoms with Crippen LogP contribution in [0.4, 0.5) is 0 Å². The van der Waals surface area contributed by atoms with E-state index >= 15 is 0 Å². The molecule has 2 aromatic rings. The van der Waals surface area contributed by atoms with Crippen molar-refractivity contribution in [2.45, 2.75) is 26.7 Å². The van der Waals surface area contributed by atoms with Crippen molar-refractivity contribution in [1.82, 2.24) is 0 Å². The molecule has 0 saturated heterocycles. The third kappa shape index (κ3) is 7.63. The summed E-state index contributed by atoms with van der Waals surface area (Å²) in [7, 11) is 0. The zero-order valence-electron chi connectivity index (χ0n) is 14.6. The summed E-state index contributed by atoms with van der Waals surface area (Å²) in [5.74, 6) is 0.559. The number of hydrogen-bond acceptors (Lipinski definition) is 5. The van der Waals surface area contributed by atoms with Crippen LogP contribution in [0.25, 0.3) is 0 Å². The number of ether oxygens (including phenoxy) is 1. The van der Waals surface area contributed by atoms with Gasteiger partial charge in [-0.1, -0.05) is 36.4 Å². The van der Waals surface area contributed by atoms with Crippen molar-refractivity contribution in [1.29, 1.82) is 0 Å². The van der Waals surface area contributed by atoms with Gasteiger partial charge in [-0.3, -0.25) is 4.79 Å². The van der Waals surface area contributed by atoms with Crippen molar-refractivity contribution >= 4 is 11.6 Å². The Balaban J connectivity index is 0.000000271. The fraction of sp³-hybridized carbons (Fsp3) is 0.300. The first-order valence-corrected chi connectivity index (χ1v) is 8.11. The molecule has 0 aromatic heterocycles. The standard InChI is InChI=1S/C12H16O3.C8H8O2/c1-3-15-12-8-10(5-4-9(2)13)6-7-11(12)14;9-6-8(10)7-4-2-1-3-5-7/h6-8,14H,3-5H2,1-2H3;1-5,9H,6H2. The van der Waals surface area contributed by atoms with Gasteiger partial charge in [-0.2, -0.15) is 0 Å². The Morgan fingerprint density at radius 3 is 2.32 bits per heavy atom. The highest BCUT2D eigenvalue weighted by Crippen LogP contribution is 2.27. The highest BCUT2D eigenvalue weighted by Gasteiger charge is 2.04. The molecule has 0 aliphatic carbocycles. The molecule has 2 aromatic carbocycles. The third-order valence-corrected chi connectivity index (χ3v) is 3.33. The number of carbonyl (C=O) groups excluding carboxylic acids is 2. The maximum Gasteiger partial charge on any atom is 0.188 e. The molecule has 0 amide bonds. The second-order valence-corrected chi connectivity index (χ2v) is 5.38. The second kappa shape index (κ2) is 11.0. The molecule has 0 unspecified atom stereocenters. The number of aryl methyl sites for hydroxylation is 1. The Labute approximate surface area is 147 Å². The molecule has 0 radical (unpaired) electrons. The zero-order chi connectivity index (χ0) is 18.7. The highest BCUT2D eigenvalue weighted by atomic mass is 16.5. The molecule has 0 atom stereocenters. The molecule has 0 saturated carbocycles. The number of phenols is 1. The summed E-state index contributed by atoms with van der Waals surface area (Å²) in [6.07, 6.45) is 1.21. The van der Waals surface area contributed by atoms with Gasteiger partial charge in [-0.25, -0.2) is 0 Å². The van der Waals surface area contributed by atoms with E-state index < -0.39 is 6.61 Å². The number of ketones is 2. The maximum atomic E-state index is 10.8. The minimum atomic E-state index is -0.413. The number of Topliss-reactive ketones (excluding diaryl/α,β-unsaturated/α-hetero) is 2. The number of benzene rings is 2. The van der Waals surface area contributed by atoms with Crippen LogP contribution in [0.3, 0.4) is 0 Å². The van der Waals surface area contributed by atoms with Crippen LogP contribution in [0.2, 0.25) is 0 Å². The average molecular weight is 344 g/mol. The van der Waals surface area contributed by atoms with Gasteiger partial charge in [0, 0.05) is 12.0 Å². The van der Waals surface area contributed by atoms with Crippen LogP contribution in [0.1, 0.15) is 36.2 Å². The lowest BCUT2D eigenvalue weighted by Gasteiger charge is -2.07. The van der Waals surface area contributed by atoms with E-state index in [1.807, 2.05) is 13.0 Å². The quantitative estimate of drug-likeness (QED) is 0.754. The van der Waals surface area contributed by atoms with E-state index in [1.54, 1.807) is 49.4 Å². The largest absolute Gasteiger partial charge is 0.504 e. The van der Waals surface area contributed by atoms with E-state index in [4.69, 9.17) is 9.84 Å². The molecule has 5 heteroatoms. The molecule has 2 N–H and O–H groups in total. The number of phenolic OH excluding ortho intramolecular Hbond substituents is 1. The van der Waals surface area contributed by atoms with Gasteiger partial charge < -0.3 is 19.7 Å². The minimum Gasteiger partial charge on any atom is -0.504 e. The fourth-order valence-corrected chi connectivity index (χ4v) is 2.02. The summed E-state index contributed by atoms with van der Waals surface area (Å²) in [6.45, 7) is 3.54. The lowest BCUT2D eigenvalue weighted by Crippen LogP contribution is -2.02. The topological polar surface area (TPSA) is 83.8 Å². The number of aliphatic hydroxyl groups excluding tert-OH is 1. The molecule has 5 nitrogen and oxygen atoms in total. The van der Waals surface area contributed by atoms with Crippen molar-refractivity contribution in [3.8, 4) is 11.5 Å². The monoisotopic (exact) mass is 344 g/mol. The molecule has 0 heterocycles. The Hall–Kier alpha value is -2.66. The van der Waals surface area contributed by atoms with E-state index in [2.05, 4.69) is 0 Å². The van der Waals surface area contributed by atoms with E-state index in [9.17, 15) is 14.7 Å². The summed E-state index contributed by atoms with van der Waals surface area (Å²) in [6, 6.07) is 13.9. The normalized spacial score (nSPS) is 9.72. The summed E-state index contributed by atoms with van der Waals surface area (Å²) in [4.78, 5) is 21.6. The van der Waals surface area contributed by atoms with Crippen molar-refractivity contribution < 1.29 is 24.5 Å². The molecule has 0 aliphatic rings. The van der Waals surface area contributed by atoms with Crippen LogP contribution < -0.4 is 4.74 Å². The predicted octanol–water partition coefficient (Wildman–Crippen LogP) is 3.17. The molecule has 0 bridgehead atoms. The first-order valence-electron chi connectivity index (χ1n) is 8.11. The van der Waals surface area contributed by atoms with Crippen LogP contribution in [-0.2, 0) is 11.2 Å². The number of hydrogen-bond donors (Lipinski definition) is 2. The van der Waals surface area contributed by atoms with Crippen LogP contribution in [0.5, 0.6) is 11.5 Å². The van der Waals surface area contributed by atoms with Gasteiger partial charge in [0.05, 0.1) is 6.61 Å². The van der Waals surface area contributed by atoms with E-state index in [0.29, 0.717) is 30.8 Å². The molecule has 0 aliphatic heterocycles. The fourth-order valence-electron chi connectivity index (χ4n) is 2.02. The number of aliphatic hydroxyl groups is 1. The number of rotatable bonds is 7. The molecule has 25 heavy (non-hydrogen) atoms. The van der Waals surface area contributed by atoms with Crippen molar-refractivity contribution in [2.24, 2.45) is 0 Å². The molecule has 0 fully saturated rings. The number of aromatic hydroxyl groups is 1. The van der Waals surface area contributed by atoms with Gasteiger partial charge in [0.1, 0.15) is 12.4 Å². The zero-order valence-corrected chi connectivity index (χ0v) is 14.6. The summed E-state index contributed by atoms with van der Waals surface area (Å²) >= 11 is 0. The SMILES string of the molecule is CCOc1cc(CCC(C)=O)ccc1O.O=C(CO)c1ccccc1. The van der Waals surface area contributed by atoms with Crippen molar-refractivity contribution in [3.05, 3.63) is 59.7 Å². The summed E-state index contributed by atoms with van der Waals surface area (Å²) < 4.78 is 5.25. The molecule has 134 valence electrons. The Bertz CT molecular complexity index is 680. The Kier molecular flexibility index (Phi) is 8.96. The molecule has 0 spiro atoms. The van der Waals surface area contributed by atoms with Crippen LogP contribution in [0.15, 0.2) is 48.5 Å². The van der Waals surface area contributed by atoms with Crippen molar-refractivity contribution in [3.63, 3.8) is 0 Å². The molecule has 2 rings (SSSR count). The minimum absolute atomic E-state index is 0.142. The van der Waals surface area contributed by atoms with Gasteiger partial charge in [0.25, 0.3) is 0 Å². The lowest BCUT2D eigenvalue weighted by molar-refractivity contribution is -0.116. The highest BCUT2D eigenvalue weighted by molar-refractivity contribution is 5.96. The first kappa shape index (κ1) is 20.4. The van der Waals surface area contributed by atoms with Gasteiger partial charge in [-0.05, 0) is 38.0 Å². The van der Waals surface area contributed by atoms with Crippen LogP contribution in [0, 0.1) is 0 Å². The predicted molar refractivity (Wildman–Crippen MR) is 96.1 cm³/mol. The second-order valence-electron chi connectivity index (χ2n) is 5.38. The Morgan fingerprint density at radius 1 is 1.08 bits per heavy atom. The maximum absolute atomic E-state index is 10.8. The molecular formula is C20H24O5. The van der Waals surface area contributed by atoms with E-state index in [1.165, 1.54) is 0 Å². The van der Waals surface area contributed by atoms with Gasteiger partial charge in [-0.15, -0.1) is 0 Å². The van der Waals surface area contributed by atoms with Gasteiger partial charge in [0.15, 0.2) is 17.3 Å². The lowest BCUT2D eigenvalue weighted by atomic mass is 10.1. The smallest absolute Gasteiger partial charge is 0.188 e. The molecular weight excluding hydrogens is 320 g/mol. The van der Waals surface area contributed by atoms with E-state index in [0.717, 1.165) is 5.56 Å². The summed E-state index contributed by atoms with van der Waals surface area (Å²) in [5, 5.41) is 17.9. The van der Waals surface area contributed by atoms with Crippen LogP contribution in [-0.4, -0.2) is 35.0 Å². The van der Waals surface area contributed by atoms with Gasteiger partial charge >= 0.3 is 0 Å². The average Bonchev–Trinajstić information content (AvgIpc) is 2.63. The van der Waals surface area contributed by atoms with Crippen molar-refractivity contribution in [2.75, 3.05) is 13.2 Å². The van der Waals surface area contributed by atoms with Gasteiger partial charge in [0.2, 0.25) is 0 Å². The first-order chi connectivity index (χ1) is 12.0. The Morgan fingerprint density at radius 2 is 1.76 bits per heavy atom.